The first-order valence-electron chi connectivity index (χ1n) is 10.5. The number of urea groups is 1. The van der Waals surface area contributed by atoms with Crippen molar-refractivity contribution in [2.75, 3.05) is 18.1 Å². The molecule has 2 aliphatic rings. The molecule has 1 aromatic carbocycles. The number of hydrogen-bond acceptors (Lipinski definition) is 5. The number of esters is 1. The third-order valence-electron chi connectivity index (χ3n) is 5.94. The van der Waals surface area contributed by atoms with Crippen LogP contribution in [-0.2, 0) is 19.1 Å². The Kier molecular flexibility index (Phi) is 6.74. The van der Waals surface area contributed by atoms with Gasteiger partial charge in [-0.1, -0.05) is 44.4 Å². The Hall–Kier alpha value is -2.90. The van der Waals surface area contributed by atoms with Crippen LogP contribution in [0.3, 0.4) is 0 Å². The summed E-state index contributed by atoms with van der Waals surface area (Å²) in [5.41, 5.74) is -0.239. The summed E-state index contributed by atoms with van der Waals surface area (Å²) < 4.78 is 5.15. The van der Waals surface area contributed by atoms with Crippen molar-refractivity contribution in [3.63, 3.8) is 0 Å². The van der Waals surface area contributed by atoms with Gasteiger partial charge in [-0.25, -0.2) is 4.79 Å². The standard InChI is InChI=1S/C22H29N3O5/c1-3-22(2)20(28)24(21(29)23-22)14-19(27)30-15-18(26)25(16-10-6-4-7-11-16)17-12-8-5-9-13-17/h4,6-7,10-11,17H,3,5,8-9,12-15H2,1-2H3,(H,23,29)/t22-/m0/s1. The molecule has 8 heteroatoms. The lowest BCUT2D eigenvalue weighted by Crippen LogP contribution is -2.45. The van der Waals surface area contributed by atoms with E-state index in [-0.39, 0.29) is 11.9 Å². The smallest absolute Gasteiger partial charge is 0.326 e. The minimum absolute atomic E-state index is 0.0727. The first-order valence-corrected chi connectivity index (χ1v) is 10.5. The number of rotatable bonds is 7. The van der Waals surface area contributed by atoms with Crippen LogP contribution >= 0.6 is 0 Å². The van der Waals surface area contributed by atoms with E-state index < -0.39 is 36.6 Å². The third kappa shape index (κ3) is 4.63. The van der Waals surface area contributed by atoms with Gasteiger partial charge in [0.1, 0.15) is 12.1 Å². The minimum Gasteiger partial charge on any atom is -0.454 e. The van der Waals surface area contributed by atoms with Gasteiger partial charge in [0.05, 0.1) is 0 Å². The van der Waals surface area contributed by atoms with Gasteiger partial charge in [0.2, 0.25) is 0 Å². The van der Waals surface area contributed by atoms with Crippen molar-refractivity contribution in [3.8, 4) is 0 Å². The highest BCUT2D eigenvalue weighted by molar-refractivity contribution is 6.08. The quantitative estimate of drug-likeness (QED) is 0.546. The van der Waals surface area contributed by atoms with E-state index in [1.807, 2.05) is 30.3 Å². The van der Waals surface area contributed by atoms with E-state index in [1.54, 1.807) is 18.7 Å². The molecular weight excluding hydrogens is 386 g/mol. The fourth-order valence-electron chi connectivity index (χ4n) is 4.00. The highest BCUT2D eigenvalue weighted by Gasteiger charge is 2.47. The topological polar surface area (TPSA) is 96.0 Å². The van der Waals surface area contributed by atoms with Gasteiger partial charge in [-0.3, -0.25) is 19.3 Å². The molecule has 0 unspecified atom stereocenters. The molecule has 162 valence electrons. The van der Waals surface area contributed by atoms with Crippen molar-refractivity contribution in [2.24, 2.45) is 0 Å². The molecule has 1 aromatic rings. The highest BCUT2D eigenvalue weighted by atomic mass is 16.5. The molecule has 0 aromatic heterocycles. The number of nitrogens with zero attached hydrogens (tertiary/aromatic N) is 2. The fourth-order valence-corrected chi connectivity index (χ4v) is 4.00. The van der Waals surface area contributed by atoms with Gasteiger partial charge in [0, 0.05) is 11.7 Å². The number of amides is 4. The Balaban J connectivity index is 1.62. The zero-order chi connectivity index (χ0) is 21.7. The molecule has 0 bridgehead atoms. The van der Waals surface area contributed by atoms with Gasteiger partial charge < -0.3 is 15.0 Å². The molecule has 4 amide bonds. The molecule has 1 N–H and O–H groups in total. The molecule has 0 radical (unpaired) electrons. The number of nitrogens with one attached hydrogen (secondary N) is 1. The molecule has 30 heavy (non-hydrogen) atoms. The second kappa shape index (κ2) is 9.28. The summed E-state index contributed by atoms with van der Waals surface area (Å²) in [5, 5.41) is 2.59. The Morgan fingerprint density at radius 1 is 1.17 bits per heavy atom. The molecule has 1 saturated carbocycles. The molecular formula is C22H29N3O5. The van der Waals surface area contributed by atoms with Crippen LogP contribution in [0.1, 0.15) is 52.4 Å². The van der Waals surface area contributed by atoms with Crippen molar-refractivity contribution in [2.45, 2.75) is 64.0 Å². The van der Waals surface area contributed by atoms with E-state index in [0.717, 1.165) is 42.7 Å². The second-order valence-electron chi connectivity index (χ2n) is 8.06. The summed E-state index contributed by atoms with van der Waals surface area (Å²) in [6, 6.07) is 8.80. The lowest BCUT2D eigenvalue weighted by molar-refractivity contribution is -0.150. The third-order valence-corrected chi connectivity index (χ3v) is 5.94. The van der Waals surface area contributed by atoms with Crippen LogP contribution in [0, 0.1) is 0 Å². The number of benzene rings is 1. The molecule has 1 atom stereocenters. The second-order valence-corrected chi connectivity index (χ2v) is 8.06. The van der Waals surface area contributed by atoms with Gasteiger partial charge in [-0.15, -0.1) is 0 Å². The summed E-state index contributed by atoms with van der Waals surface area (Å²) in [6.45, 7) is 2.45. The van der Waals surface area contributed by atoms with Crippen molar-refractivity contribution in [1.82, 2.24) is 10.2 Å². The highest BCUT2D eigenvalue weighted by Crippen LogP contribution is 2.27. The number of imide groups is 1. The van der Waals surface area contributed by atoms with Crippen molar-refractivity contribution in [1.29, 1.82) is 0 Å². The molecule has 3 rings (SSSR count). The van der Waals surface area contributed by atoms with Crippen LogP contribution in [0.5, 0.6) is 0 Å². The summed E-state index contributed by atoms with van der Waals surface area (Å²) in [5.74, 6) is -1.56. The van der Waals surface area contributed by atoms with Crippen molar-refractivity contribution < 1.29 is 23.9 Å². The molecule has 0 spiro atoms. The number of carbonyl (C=O) groups excluding carboxylic acids is 4. The van der Waals surface area contributed by atoms with Gasteiger partial charge in [-0.05, 0) is 38.3 Å². The minimum atomic E-state index is -1.02. The Bertz CT molecular complexity index is 806. The number of hydrogen-bond donors (Lipinski definition) is 1. The van der Waals surface area contributed by atoms with Crippen LogP contribution in [0.25, 0.3) is 0 Å². The van der Waals surface area contributed by atoms with E-state index in [1.165, 1.54) is 0 Å². The lowest BCUT2D eigenvalue weighted by atomic mass is 9.93. The molecule has 2 fully saturated rings. The Labute approximate surface area is 176 Å². The van der Waals surface area contributed by atoms with Crippen LogP contribution in [0.2, 0.25) is 0 Å². The first kappa shape index (κ1) is 21.8. The monoisotopic (exact) mass is 415 g/mol. The zero-order valence-electron chi connectivity index (χ0n) is 17.6. The predicted molar refractivity (Wildman–Crippen MR) is 111 cm³/mol. The maximum atomic E-state index is 13.0. The van der Waals surface area contributed by atoms with Crippen molar-refractivity contribution in [3.05, 3.63) is 30.3 Å². The number of carbonyl (C=O) groups is 4. The van der Waals surface area contributed by atoms with Gasteiger partial charge in [0.15, 0.2) is 6.61 Å². The Morgan fingerprint density at radius 3 is 2.43 bits per heavy atom. The predicted octanol–water partition coefficient (Wildman–Crippen LogP) is 2.62. The average molecular weight is 415 g/mol. The van der Waals surface area contributed by atoms with Crippen LogP contribution in [0.4, 0.5) is 10.5 Å². The van der Waals surface area contributed by atoms with Gasteiger partial charge in [-0.2, -0.15) is 0 Å². The van der Waals surface area contributed by atoms with E-state index >= 15 is 0 Å². The number of ether oxygens (including phenoxy) is 1. The largest absolute Gasteiger partial charge is 0.454 e. The number of anilines is 1. The zero-order valence-corrected chi connectivity index (χ0v) is 17.6. The summed E-state index contributed by atoms with van der Waals surface area (Å²) >= 11 is 0. The van der Waals surface area contributed by atoms with E-state index in [2.05, 4.69) is 5.32 Å². The molecule has 1 aliphatic heterocycles. The summed E-state index contributed by atoms with van der Waals surface area (Å²) in [6.07, 6.45) is 5.51. The van der Waals surface area contributed by atoms with Crippen LogP contribution in [-0.4, -0.2) is 53.4 Å². The van der Waals surface area contributed by atoms with Crippen LogP contribution < -0.4 is 10.2 Å². The molecule has 1 heterocycles. The van der Waals surface area contributed by atoms with Gasteiger partial charge in [0.25, 0.3) is 11.8 Å². The summed E-state index contributed by atoms with van der Waals surface area (Å²) in [4.78, 5) is 52.2. The summed E-state index contributed by atoms with van der Waals surface area (Å²) in [7, 11) is 0. The normalized spacial score (nSPS) is 22.0. The molecule has 1 saturated heterocycles. The van der Waals surface area contributed by atoms with Crippen molar-refractivity contribution >= 4 is 29.5 Å². The first-order chi connectivity index (χ1) is 14.4. The fraction of sp³-hybridized carbons (Fsp3) is 0.545. The van der Waals surface area contributed by atoms with Gasteiger partial charge >= 0.3 is 12.0 Å². The molecule has 1 aliphatic carbocycles. The van der Waals surface area contributed by atoms with E-state index in [9.17, 15) is 19.2 Å². The Morgan fingerprint density at radius 2 is 1.83 bits per heavy atom. The van der Waals surface area contributed by atoms with Crippen LogP contribution in [0.15, 0.2) is 30.3 Å². The maximum absolute atomic E-state index is 13.0. The van der Waals surface area contributed by atoms with E-state index in [4.69, 9.17) is 4.74 Å². The van der Waals surface area contributed by atoms with E-state index in [0.29, 0.717) is 6.42 Å². The molecule has 8 nitrogen and oxygen atoms in total. The SMILES string of the molecule is CC[C@]1(C)NC(=O)N(CC(=O)OCC(=O)N(c2ccccc2)C2CCCCC2)C1=O. The maximum Gasteiger partial charge on any atom is 0.326 e. The lowest BCUT2D eigenvalue weighted by Gasteiger charge is -2.34. The number of para-hydroxylation sites is 1. The average Bonchev–Trinajstić information content (AvgIpc) is 2.97.